The molecule has 40 heavy (non-hydrogen) atoms. The molecule has 1 spiro atoms. The summed E-state index contributed by atoms with van der Waals surface area (Å²) < 4.78 is 2.33. The molecule has 3 fully saturated rings. The molecule has 1 aromatic carbocycles. The van der Waals surface area contributed by atoms with Gasteiger partial charge in [-0.2, -0.15) is 0 Å². The summed E-state index contributed by atoms with van der Waals surface area (Å²) in [5.74, 6) is 0.869. The minimum atomic E-state index is -1.16. The Hall–Kier alpha value is -2.38. The van der Waals surface area contributed by atoms with Crippen LogP contribution in [0.15, 0.2) is 24.4 Å². The van der Waals surface area contributed by atoms with Crippen LogP contribution in [0.4, 0.5) is 0 Å². The third-order valence-electron chi connectivity index (χ3n) is 9.91. The standard InChI is InChI=1S/C32H43ClN4O3/c33-26-21-24(9-10-25(26)29(38)35-17-19-36(20-18-35)30(39)32(40)13-14-32)27-23-37-16-15-31(22-28(37)34-27)11-7-5-3-1-2-4-6-8-12-31/h9-10,21,23,40H,1-8,11-20,22H2. The van der Waals surface area contributed by atoms with E-state index in [1.54, 1.807) is 9.80 Å². The van der Waals surface area contributed by atoms with Crippen molar-refractivity contribution in [3.05, 3.63) is 40.8 Å². The molecule has 0 atom stereocenters. The molecule has 4 aliphatic rings. The summed E-state index contributed by atoms with van der Waals surface area (Å²) in [7, 11) is 0. The number of aliphatic hydroxyl groups is 1. The van der Waals surface area contributed by atoms with Crippen molar-refractivity contribution in [1.82, 2.24) is 19.4 Å². The highest BCUT2D eigenvalue weighted by molar-refractivity contribution is 6.34. The van der Waals surface area contributed by atoms with Gasteiger partial charge in [0.1, 0.15) is 11.4 Å². The molecule has 7 nitrogen and oxygen atoms in total. The Morgan fingerprint density at radius 2 is 1.43 bits per heavy atom. The summed E-state index contributed by atoms with van der Waals surface area (Å²) in [4.78, 5) is 34.2. The third-order valence-corrected chi connectivity index (χ3v) is 10.2. The predicted octanol–water partition coefficient (Wildman–Crippen LogP) is 5.86. The Kier molecular flexibility index (Phi) is 7.97. The number of carbonyl (C=O) groups excluding carboxylic acids is 2. The van der Waals surface area contributed by atoms with Crippen LogP contribution in [0.25, 0.3) is 11.3 Å². The van der Waals surface area contributed by atoms with Crippen molar-refractivity contribution in [1.29, 1.82) is 0 Å². The summed E-state index contributed by atoms with van der Waals surface area (Å²) in [5.41, 5.74) is 1.57. The summed E-state index contributed by atoms with van der Waals surface area (Å²) >= 11 is 6.68. The largest absolute Gasteiger partial charge is 0.380 e. The van der Waals surface area contributed by atoms with E-state index in [4.69, 9.17) is 16.6 Å². The number of hydrogen-bond donors (Lipinski definition) is 1. The van der Waals surface area contributed by atoms with Gasteiger partial charge >= 0.3 is 0 Å². The molecule has 3 heterocycles. The van der Waals surface area contributed by atoms with Gasteiger partial charge in [0.15, 0.2) is 0 Å². The molecule has 0 radical (unpaired) electrons. The first kappa shape index (κ1) is 27.8. The van der Waals surface area contributed by atoms with Crippen LogP contribution >= 0.6 is 11.6 Å². The average Bonchev–Trinajstić information content (AvgIpc) is 3.59. The van der Waals surface area contributed by atoms with Crippen LogP contribution < -0.4 is 0 Å². The molecule has 0 unspecified atom stereocenters. The van der Waals surface area contributed by atoms with Gasteiger partial charge in [-0.15, -0.1) is 0 Å². The van der Waals surface area contributed by atoms with Crippen LogP contribution in [-0.4, -0.2) is 68.1 Å². The second-order valence-corrected chi connectivity index (χ2v) is 13.2. The van der Waals surface area contributed by atoms with E-state index in [0.29, 0.717) is 55.0 Å². The minimum absolute atomic E-state index is 0.119. The molecule has 2 saturated carbocycles. The van der Waals surface area contributed by atoms with E-state index in [9.17, 15) is 14.7 Å². The van der Waals surface area contributed by atoms with E-state index in [-0.39, 0.29) is 11.8 Å². The molecule has 0 bridgehead atoms. The van der Waals surface area contributed by atoms with E-state index in [1.165, 1.54) is 76.5 Å². The Balaban J connectivity index is 1.11. The van der Waals surface area contributed by atoms with Gasteiger partial charge in [-0.25, -0.2) is 4.98 Å². The first-order valence-corrected chi connectivity index (χ1v) is 15.9. The number of rotatable bonds is 3. The van der Waals surface area contributed by atoms with Gasteiger partial charge in [0.05, 0.1) is 16.3 Å². The van der Waals surface area contributed by atoms with E-state index in [0.717, 1.165) is 24.2 Å². The maximum Gasteiger partial charge on any atom is 0.255 e. The number of nitrogens with zero attached hydrogens (tertiary/aromatic N) is 4. The predicted molar refractivity (Wildman–Crippen MR) is 156 cm³/mol. The SMILES string of the molecule is O=C(c1ccc(-c2cn3c(n2)CC2(CCCCCCCCCC2)CC3)cc1Cl)N1CCN(C(=O)C2(O)CC2)CC1. The monoisotopic (exact) mass is 566 g/mol. The second kappa shape index (κ2) is 11.5. The van der Waals surface area contributed by atoms with Gasteiger partial charge < -0.3 is 19.5 Å². The minimum Gasteiger partial charge on any atom is -0.380 e. The van der Waals surface area contributed by atoms with Crippen LogP contribution in [-0.2, 0) is 17.8 Å². The number of aromatic nitrogens is 2. The summed E-state index contributed by atoms with van der Waals surface area (Å²) in [6.07, 6.45) is 19.1. The molecule has 216 valence electrons. The molecule has 1 N–H and O–H groups in total. The Morgan fingerprint density at radius 3 is 2.05 bits per heavy atom. The molecule has 2 aromatic rings. The number of aryl methyl sites for hydroxylation is 1. The molecule has 1 saturated heterocycles. The van der Waals surface area contributed by atoms with Gasteiger partial charge in [-0.1, -0.05) is 69.0 Å². The highest BCUT2D eigenvalue weighted by Gasteiger charge is 2.50. The number of halogens is 1. The van der Waals surface area contributed by atoms with Crippen LogP contribution in [0.3, 0.4) is 0 Å². The fourth-order valence-corrected chi connectivity index (χ4v) is 7.34. The maximum atomic E-state index is 13.3. The summed E-state index contributed by atoms with van der Waals surface area (Å²) in [6.45, 7) is 2.77. The van der Waals surface area contributed by atoms with Gasteiger partial charge in [-0.3, -0.25) is 9.59 Å². The third kappa shape index (κ3) is 5.82. The lowest BCUT2D eigenvalue weighted by atomic mass is 9.71. The average molecular weight is 567 g/mol. The maximum absolute atomic E-state index is 13.3. The number of hydrogen-bond acceptors (Lipinski definition) is 4. The molecular weight excluding hydrogens is 524 g/mol. The molecule has 2 aliphatic heterocycles. The zero-order valence-corrected chi connectivity index (χ0v) is 24.4. The first-order chi connectivity index (χ1) is 19.4. The van der Waals surface area contributed by atoms with Gasteiger partial charge in [0, 0.05) is 50.9 Å². The van der Waals surface area contributed by atoms with Gasteiger partial charge in [-0.05, 0) is 49.7 Å². The zero-order valence-electron chi connectivity index (χ0n) is 23.7. The van der Waals surface area contributed by atoms with E-state index in [1.807, 2.05) is 18.2 Å². The zero-order chi connectivity index (χ0) is 27.7. The summed E-state index contributed by atoms with van der Waals surface area (Å²) in [5, 5.41) is 10.6. The fourth-order valence-electron chi connectivity index (χ4n) is 7.08. The Morgan fingerprint density at radius 1 is 0.800 bits per heavy atom. The highest BCUT2D eigenvalue weighted by Crippen LogP contribution is 2.43. The van der Waals surface area contributed by atoms with Crippen molar-refractivity contribution in [2.24, 2.45) is 5.41 Å². The highest BCUT2D eigenvalue weighted by atomic mass is 35.5. The van der Waals surface area contributed by atoms with Crippen molar-refractivity contribution < 1.29 is 14.7 Å². The van der Waals surface area contributed by atoms with Crippen LogP contribution in [0.5, 0.6) is 0 Å². The first-order valence-electron chi connectivity index (χ1n) is 15.5. The fraction of sp³-hybridized carbons (Fsp3) is 0.656. The Bertz CT molecular complexity index is 1230. The lowest BCUT2D eigenvalue weighted by Gasteiger charge is -2.38. The molecular formula is C32H43ClN4O3. The number of amides is 2. The molecule has 2 aliphatic carbocycles. The number of piperazine rings is 1. The van der Waals surface area contributed by atoms with Gasteiger partial charge in [0.2, 0.25) is 0 Å². The quantitative estimate of drug-likeness (QED) is 0.505. The second-order valence-electron chi connectivity index (χ2n) is 12.8. The van der Waals surface area contributed by atoms with Crippen molar-refractivity contribution >= 4 is 23.4 Å². The van der Waals surface area contributed by atoms with E-state index >= 15 is 0 Å². The normalized spacial score (nSPS) is 22.9. The number of imidazole rings is 1. The summed E-state index contributed by atoms with van der Waals surface area (Å²) in [6, 6.07) is 5.64. The topological polar surface area (TPSA) is 78.7 Å². The smallest absolute Gasteiger partial charge is 0.255 e. The van der Waals surface area contributed by atoms with Crippen LogP contribution in [0.2, 0.25) is 5.02 Å². The van der Waals surface area contributed by atoms with Crippen LogP contribution in [0.1, 0.15) is 99.7 Å². The lowest BCUT2D eigenvalue weighted by Crippen LogP contribution is -2.53. The number of carbonyl (C=O) groups is 2. The van der Waals surface area contributed by atoms with E-state index < -0.39 is 5.60 Å². The molecule has 1 aromatic heterocycles. The van der Waals surface area contributed by atoms with E-state index in [2.05, 4.69) is 10.8 Å². The van der Waals surface area contributed by atoms with Crippen molar-refractivity contribution in [3.8, 4) is 11.3 Å². The lowest BCUT2D eigenvalue weighted by molar-refractivity contribution is -0.143. The van der Waals surface area contributed by atoms with Crippen molar-refractivity contribution in [3.63, 3.8) is 0 Å². The molecule has 8 heteroatoms. The molecule has 2 amide bonds. The number of benzene rings is 1. The van der Waals surface area contributed by atoms with Crippen molar-refractivity contribution in [2.45, 2.75) is 102 Å². The number of fused-ring (bicyclic) bond motifs is 1. The van der Waals surface area contributed by atoms with Crippen molar-refractivity contribution in [2.75, 3.05) is 26.2 Å². The molecule has 6 rings (SSSR count). The van der Waals surface area contributed by atoms with Crippen LogP contribution in [0, 0.1) is 5.41 Å². The Labute approximate surface area is 242 Å². The van der Waals surface area contributed by atoms with Gasteiger partial charge in [0.25, 0.3) is 11.8 Å².